The highest BCUT2D eigenvalue weighted by molar-refractivity contribution is 5.83. The lowest BCUT2D eigenvalue weighted by Crippen LogP contribution is -2.38. The van der Waals surface area contributed by atoms with E-state index in [2.05, 4.69) is 46.8 Å². The molecule has 4 unspecified atom stereocenters. The predicted molar refractivity (Wildman–Crippen MR) is 110 cm³/mol. The van der Waals surface area contributed by atoms with E-state index < -0.39 is 0 Å². The molecule has 0 aliphatic heterocycles. The maximum atomic E-state index is 12.2. The first-order chi connectivity index (χ1) is 12.6. The Labute approximate surface area is 165 Å². The minimum Gasteiger partial charge on any atom is -0.463 e. The summed E-state index contributed by atoms with van der Waals surface area (Å²) in [5.74, 6) is 1.75. The summed E-state index contributed by atoms with van der Waals surface area (Å²) in [7, 11) is 0. The maximum Gasteiger partial charge on any atom is 0.330 e. The topological polar surface area (TPSA) is 26.3 Å². The summed E-state index contributed by atoms with van der Waals surface area (Å²) >= 11 is 0. The van der Waals surface area contributed by atoms with Crippen LogP contribution >= 0.6 is 0 Å². The number of esters is 1. The third-order valence-corrected chi connectivity index (χ3v) is 8.08. The van der Waals surface area contributed by atoms with E-state index in [9.17, 15) is 4.79 Å². The Kier molecular flexibility index (Phi) is 4.29. The molecule has 0 bridgehead atoms. The number of rotatable bonds is 3. The van der Waals surface area contributed by atoms with Crippen molar-refractivity contribution in [1.82, 2.24) is 0 Å². The third-order valence-electron chi connectivity index (χ3n) is 8.08. The molecule has 0 aromatic rings. The molecule has 0 radical (unpaired) electrons. The largest absolute Gasteiger partial charge is 0.463 e. The standard InChI is InChI=1S/C25H36O2/c1-7-27-22(26)12-17-8-9-18-14-25(17,18)21-13-20-19(15-24(21,5)6)16(2)10-11-23(20,3)4/h12-13,15-16,18,21H,7-11,14H2,1-6H3. The molecule has 4 aliphatic rings. The Morgan fingerprint density at radius 2 is 2.00 bits per heavy atom. The monoisotopic (exact) mass is 368 g/mol. The molecule has 3 fully saturated rings. The maximum absolute atomic E-state index is 12.2. The highest BCUT2D eigenvalue weighted by atomic mass is 16.5. The van der Waals surface area contributed by atoms with Crippen LogP contribution in [0.25, 0.3) is 0 Å². The van der Waals surface area contributed by atoms with Gasteiger partial charge in [0.15, 0.2) is 0 Å². The number of carbonyl (C=O) groups excluding carboxylic acids is 1. The second-order valence-electron chi connectivity index (χ2n) is 10.7. The van der Waals surface area contributed by atoms with Crippen molar-refractivity contribution in [3.05, 3.63) is 34.9 Å². The highest BCUT2D eigenvalue weighted by Gasteiger charge is 2.66. The van der Waals surface area contributed by atoms with Crippen molar-refractivity contribution in [3.8, 4) is 0 Å². The van der Waals surface area contributed by atoms with E-state index >= 15 is 0 Å². The minimum absolute atomic E-state index is 0.132. The molecule has 0 spiro atoms. The molecule has 2 heteroatoms. The van der Waals surface area contributed by atoms with E-state index in [0.29, 0.717) is 18.4 Å². The van der Waals surface area contributed by atoms with E-state index in [1.165, 1.54) is 31.3 Å². The molecule has 2 nitrogen and oxygen atoms in total. The van der Waals surface area contributed by atoms with Gasteiger partial charge >= 0.3 is 5.97 Å². The van der Waals surface area contributed by atoms with Crippen molar-refractivity contribution in [2.45, 2.75) is 73.6 Å². The van der Waals surface area contributed by atoms with Crippen molar-refractivity contribution in [1.29, 1.82) is 0 Å². The van der Waals surface area contributed by atoms with Crippen molar-refractivity contribution in [3.63, 3.8) is 0 Å². The van der Waals surface area contributed by atoms with Crippen molar-refractivity contribution in [2.75, 3.05) is 6.61 Å². The first kappa shape index (κ1) is 19.0. The molecule has 4 aliphatic carbocycles. The van der Waals surface area contributed by atoms with Gasteiger partial charge in [0, 0.05) is 11.5 Å². The van der Waals surface area contributed by atoms with Gasteiger partial charge in [-0.1, -0.05) is 52.3 Å². The van der Waals surface area contributed by atoms with Crippen molar-refractivity contribution < 1.29 is 9.53 Å². The molecular formula is C25H36O2. The Morgan fingerprint density at radius 1 is 1.26 bits per heavy atom. The second kappa shape index (κ2) is 6.09. The van der Waals surface area contributed by atoms with Gasteiger partial charge in [0.1, 0.15) is 0 Å². The van der Waals surface area contributed by atoms with E-state index in [-0.39, 0.29) is 22.2 Å². The van der Waals surface area contributed by atoms with Crippen molar-refractivity contribution in [2.24, 2.45) is 34.0 Å². The summed E-state index contributed by atoms with van der Waals surface area (Å²) in [5, 5.41) is 0. The van der Waals surface area contributed by atoms with Crippen LogP contribution in [0.5, 0.6) is 0 Å². The molecule has 4 atom stereocenters. The predicted octanol–water partition coefficient (Wildman–Crippen LogP) is 6.24. The average Bonchev–Trinajstić information content (AvgIpc) is 3.20. The first-order valence-corrected chi connectivity index (χ1v) is 10.9. The lowest BCUT2D eigenvalue weighted by Gasteiger charge is -2.48. The van der Waals surface area contributed by atoms with Crippen LogP contribution in [0.4, 0.5) is 0 Å². The zero-order valence-corrected chi connectivity index (χ0v) is 18.0. The van der Waals surface area contributed by atoms with Crippen LogP contribution in [0.3, 0.4) is 0 Å². The van der Waals surface area contributed by atoms with E-state index in [4.69, 9.17) is 4.74 Å². The van der Waals surface area contributed by atoms with Gasteiger partial charge in [-0.15, -0.1) is 0 Å². The number of carbonyl (C=O) groups is 1. The first-order valence-electron chi connectivity index (χ1n) is 10.9. The lowest BCUT2D eigenvalue weighted by molar-refractivity contribution is -0.137. The summed E-state index contributed by atoms with van der Waals surface area (Å²) in [4.78, 5) is 12.2. The van der Waals surface area contributed by atoms with Crippen molar-refractivity contribution >= 4 is 5.97 Å². The molecule has 4 rings (SSSR count). The summed E-state index contributed by atoms with van der Waals surface area (Å²) in [6.45, 7) is 14.4. The van der Waals surface area contributed by atoms with Crippen LogP contribution in [0.2, 0.25) is 0 Å². The van der Waals surface area contributed by atoms with Gasteiger partial charge in [0.2, 0.25) is 0 Å². The van der Waals surface area contributed by atoms with Crippen LogP contribution < -0.4 is 0 Å². The third kappa shape index (κ3) is 2.86. The van der Waals surface area contributed by atoms with Crippen LogP contribution in [-0.2, 0) is 9.53 Å². The second-order valence-corrected chi connectivity index (χ2v) is 10.7. The fraction of sp³-hybridized carbons (Fsp3) is 0.720. The normalized spacial score (nSPS) is 39.9. The Hall–Kier alpha value is -1.31. The number of ether oxygens (including phenoxy) is 1. The number of hydrogen-bond acceptors (Lipinski definition) is 2. The summed E-state index contributed by atoms with van der Waals surface area (Å²) in [6.07, 6.45) is 13.2. The van der Waals surface area contributed by atoms with Crippen LogP contribution in [0.1, 0.15) is 73.6 Å². The fourth-order valence-electron chi connectivity index (χ4n) is 6.53. The SMILES string of the molecule is CCOC(=O)C=C1CCC2CC12C1C=C2C(=CC1(C)C)C(C)CCC2(C)C. The van der Waals surface area contributed by atoms with Crippen LogP contribution in [0.15, 0.2) is 34.9 Å². The highest BCUT2D eigenvalue weighted by Crippen LogP contribution is 2.74. The quantitative estimate of drug-likeness (QED) is 0.435. The molecule has 3 saturated carbocycles. The van der Waals surface area contributed by atoms with Crippen LogP contribution in [-0.4, -0.2) is 12.6 Å². The van der Waals surface area contributed by atoms with Gasteiger partial charge in [-0.2, -0.15) is 0 Å². The molecule has 0 N–H and O–H groups in total. The zero-order valence-electron chi connectivity index (χ0n) is 18.0. The smallest absolute Gasteiger partial charge is 0.330 e. The van der Waals surface area contributed by atoms with Gasteiger partial charge < -0.3 is 4.74 Å². The summed E-state index contributed by atoms with van der Waals surface area (Å²) in [6, 6.07) is 0. The van der Waals surface area contributed by atoms with Gasteiger partial charge in [0.05, 0.1) is 6.61 Å². The number of fused-ring (bicyclic) bond motifs is 2. The average molecular weight is 369 g/mol. The lowest BCUT2D eigenvalue weighted by atomic mass is 9.57. The number of allylic oxidation sites excluding steroid dienone is 5. The van der Waals surface area contributed by atoms with Gasteiger partial charge in [-0.05, 0) is 78.8 Å². The number of hydrogen-bond donors (Lipinski definition) is 0. The molecule has 0 saturated heterocycles. The van der Waals surface area contributed by atoms with E-state index in [0.717, 1.165) is 12.3 Å². The Morgan fingerprint density at radius 3 is 2.67 bits per heavy atom. The molecule has 0 aromatic heterocycles. The minimum atomic E-state index is -0.149. The van der Waals surface area contributed by atoms with Gasteiger partial charge in [0.25, 0.3) is 0 Å². The van der Waals surface area contributed by atoms with Gasteiger partial charge in [-0.25, -0.2) is 4.79 Å². The zero-order chi connectivity index (χ0) is 19.6. The molecule has 27 heavy (non-hydrogen) atoms. The van der Waals surface area contributed by atoms with Gasteiger partial charge in [-0.3, -0.25) is 0 Å². The van der Waals surface area contributed by atoms with E-state index in [1.807, 2.05) is 13.0 Å². The molecule has 0 amide bonds. The fourth-order valence-corrected chi connectivity index (χ4v) is 6.53. The Bertz CT molecular complexity index is 748. The molecule has 0 aromatic carbocycles. The molecule has 148 valence electrons. The molecular weight excluding hydrogens is 332 g/mol. The van der Waals surface area contributed by atoms with E-state index in [1.54, 1.807) is 11.1 Å². The van der Waals surface area contributed by atoms with Crippen LogP contribution in [0, 0.1) is 34.0 Å². The summed E-state index contributed by atoms with van der Waals surface area (Å²) < 4.78 is 5.25. The summed E-state index contributed by atoms with van der Waals surface area (Å²) in [5.41, 5.74) is 5.13. The Balaban J connectivity index is 1.75. The molecule has 0 heterocycles.